The third-order valence-corrected chi connectivity index (χ3v) is 6.78. The van der Waals surface area contributed by atoms with E-state index in [0.29, 0.717) is 39.7 Å². The van der Waals surface area contributed by atoms with E-state index in [9.17, 15) is 24.5 Å². The van der Waals surface area contributed by atoms with Gasteiger partial charge in [0.05, 0.1) is 10.6 Å². The lowest BCUT2D eigenvalue weighted by atomic mass is 9.99. The van der Waals surface area contributed by atoms with Crippen LogP contribution in [-0.2, 0) is 9.59 Å². The molecule has 5 aromatic rings. The smallest absolute Gasteiger partial charge is 0.269 e. The molecule has 0 saturated heterocycles. The van der Waals surface area contributed by atoms with E-state index in [2.05, 4.69) is 5.32 Å². The molecule has 0 aliphatic rings. The fourth-order valence-electron chi connectivity index (χ4n) is 4.61. The van der Waals surface area contributed by atoms with Gasteiger partial charge in [-0.3, -0.25) is 29.4 Å². The number of aryl methyl sites for hydroxylation is 1. The number of nitrogens with zero attached hydrogens (tertiary/aromatic N) is 2. The van der Waals surface area contributed by atoms with Crippen LogP contribution in [0.4, 0.5) is 22.7 Å². The topological polar surface area (TPSA) is 123 Å². The molecule has 0 atom stereocenters. The van der Waals surface area contributed by atoms with Gasteiger partial charge in [0.1, 0.15) is 11.5 Å². The minimum atomic E-state index is -0.476. The first-order chi connectivity index (χ1) is 21.2. The lowest BCUT2D eigenvalue weighted by molar-refractivity contribution is -0.384. The van der Waals surface area contributed by atoms with Crippen molar-refractivity contribution in [2.24, 2.45) is 0 Å². The zero-order chi connectivity index (χ0) is 31.2. The highest BCUT2D eigenvalue weighted by Gasteiger charge is 2.23. The zero-order valence-corrected chi connectivity index (χ0v) is 23.9. The molecule has 1 aromatic heterocycles. The van der Waals surface area contributed by atoms with Crippen molar-refractivity contribution >= 4 is 46.4 Å². The maximum absolute atomic E-state index is 13.7. The maximum Gasteiger partial charge on any atom is 0.269 e. The SMILES string of the molecule is CC(=O)N(c1ccc(C)cc1)c1ccc(NC(=O)/C=C\c2ccc(-c3ccc([N+](=O)[O-])cc3)o2)cc1C(=O)c1ccccc1. The van der Waals surface area contributed by atoms with Gasteiger partial charge >= 0.3 is 0 Å². The predicted octanol–water partition coefficient (Wildman–Crippen LogP) is 7.73. The molecule has 1 heterocycles. The molecule has 0 radical (unpaired) electrons. The number of non-ortho nitro benzene ring substituents is 1. The number of nitro benzene ring substituents is 1. The molecule has 4 aromatic carbocycles. The Kier molecular flexibility index (Phi) is 8.57. The van der Waals surface area contributed by atoms with Gasteiger partial charge in [0.15, 0.2) is 5.78 Å². The number of furan rings is 1. The summed E-state index contributed by atoms with van der Waals surface area (Å²) in [6.07, 6.45) is 2.78. The summed E-state index contributed by atoms with van der Waals surface area (Å²) in [5, 5.41) is 13.7. The van der Waals surface area contributed by atoms with Gasteiger partial charge in [0, 0.05) is 53.2 Å². The number of benzene rings is 4. The number of hydrogen-bond donors (Lipinski definition) is 1. The van der Waals surface area contributed by atoms with E-state index in [1.165, 1.54) is 36.1 Å². The van der Waals surface area contributed by atoms with E-state index in [0.717, 1.165) is 5.56 Å². The van der Waals surface area contributed by atoms with Crippen molar-refractivity contribution in [3.8, 4) is 11.3 Å². The number of carbonyl (C=O) groups excluding carboxylic acids is 3. The van der Waals surface area contributed by atoms with Crippen molar-refractivity contribution in [2.75, 3.05) is 10.2 Å². The van der Waals surface area contributed by atoms with E-state index in [1.807, 2.05) is 37.3 Å². The van der Waals surface area contributed by atoms with Gasteiger partial charge in [-0.1, -0.05) is 48.0 Å². The number of ketones is 1. The van der Waals surface area contributed by atoms with Gasteiger partial charge in [-0.15, -0.1) is 0 Å². The number of anilines is 3. The first kappa shape index (κ1) is 29.4. The monoisotopic (exact) mass is 585 g/mol. The first-order valence-corrected chi connectivity index (χ1v) is 13.6. The summed E-state index contributed by atoms with van der Waals surface area (Å²) < 4.78 is 5.77. The molecule has 9 heteroatoms. The molecule has 0 saturated carbocycles. The lowest BCUT2D eigenvalue weighted by Gasteiger charge is -2.24. The average Bonchev–Trinajstić information content (AvgIpc) is 3.51. The van der Waals surface area contributed by atoms with Crippen LogP contribution in [0.25, 0.3) is 17.4 Å². The highest BCUT2D eigenvalue weighted by Crippen LogP contribution is 2.33. The van der Waals surface area contributed by atoms with Gasteiger partial charge in [-0.2, -0.15) is 0 Å². The highest BCUT2D eigenvalue weighted by molar-refractivity contribution is 6.16. The Hall–Kier alpha value is -6.09. The second-order valence-electron chi connectivity index (χ2n) is 9.95. The third-order valence-electron chi connectivity index (χ3n) is 6.78. The summed E-state index contributed by atoms with van der Waals surface area (Å²) in [7, 11) is 0. The second-order valence-corrected chi connectivity index (χ2v) is 9.95. The Bertz CT molecular complexity index is 1870. The molecule has 44 heavy (non-hydrogen) atoms. The molecule has 2 amide bonds. The Balaban J connectivity index is 1.40. The Morgan fingerprint density at radius 1 is 0.864 bits per heavy atom. The standard InChI is InChI=1S/C35H27N3O6/c1-23-8-13-28(14-9-23)37(24(2)39)32-19-12-27(22-31(32)35(41)26-6-4-3-5-7-26)36-34(40)21-18-30-17-20-33(44-30)25-10-15-29(16-11-25)38(42)43/h3-22H,1-2H3,(H,36,40)/b21-18-. The number of rotatable bonds is 9. The lowest BCUT2D eigenvalue weighted by Crippen LogP contribution is -2.25. The van der Waals surface area contributed by atoms with Crippen LogP contribution < -0.4 is 10.2 Å². The van der Waals surface area contributed by atoms with Crippen LogP contribution in [0.15, 0.2) is 120 Å². The zero-order valence-electron chi connectivity index (χ0n) is 23.9. The van der Waals surface area contributed by atoms with Crippen molar-refractivity contribution in [3.05, 3.63) is 148 Å². The molecule has 1 N–H and O–H groups in total. The van der Waals surface area contributed by atoms with E-state index in [4.69, 9.17) is 4.42 Å². The summed E-state index contributed by atoms with van der Waals surface area (Å²) in [5.74, 6) is -0.157. The Morgan fingerprint density at radius 2 is 1.57 bits per heavy atom. The Morgan fingerprint density at radius 3 is 2.23 bits per heavy atom. The number of carbonyl (C=O) groups is 3. The molecule has 0 fully saturated rings. The van der Waals surface area contributed by atoms with Crippen molar-refractivity contribution in [1.29, 1.82) is 0 Å². The summed E-state index contributed by atoms with van der Waals surface area (Å²) in [6, 6.07) is 30.3. The van der Waals surface area contributed by atoms with Gasteiger partial charge < -0.3 is 9.73 Å². The molecule has 0 spiro atoms. The van der Waals surface area contributed by atoms with Crippen LogP contribution >= 0.6 is 0 Å². The summed E-state index contributed by atoms with van der Waals surface area (Å²) in [5.41, 5.74) is 3.69. The molecule has 0 aliphatic heterocycles. The van der Waals surface area contributed by atoms with Crippen molar-refractivity contribution in [1.82, 2.24) is 0 Å². The maximum atomic E-state index is 13.7. The molecule has 218 valence electrons. The molecule has 0 aliphatic carbocycles. The van der Waals surface area contributed by atoms with Crippen molar-refractivity contribution < 1.29 is 23.7 Å². The number of hydrogen-bond acceptors (Lipinski definition) is 6. The number of nitrogens with one attached hydrogen (secondary N) is 1. The Labute approximate surface area is 253 Å². The molecular formula is C35H27N3O6. The first-order valence-electron chi connectivity index (χ1n) is 13.6. The molecule has 9 nitrogen and oxygen atoms in total. The minimum absolute atomic E-state index is 0.0251. The van der Waals surface area contributed by atoms with Crippen molar-refractivity contribution in [2.45, 2.75) is 13.8 Å². The normalized spacial score (nSPS) is 10.9. The van der Waals surface area contributed by atoms with Crippen LogP contribution in [0.3, 0.4) is 0 Å². The average molecular weight is 586 g/mol. The molecule has 0 bridgehead atoms. The van der Waals surface area contributed by atoms with Crippen LogP contribution in [0.5, 0.6) is 0 Å². The quantitative estimate of drug-likeness (QED) is 0.0817. The predicted molar refractivity (Wildman–Crippen MR) is 169 cm³/mol. The largest absolute Gasteiger partial charge is 0.457 e. The summed E-state index contributed by atoms with van der Waals surface area (Å²) >= 11 is 0. The van der Waals surface area contributed by atoms with Gasteiger partial charge in [-0.25, -0.2) is 0 Å². The summed E-state index contributed by atoms with van der Waals surface area (Å²) in [4.78, 5) is 51.3. The fraction of sp³-hybridized carbons (Fsp3) is 0.0571. The highest BCUT2D eigenvalue weighted by atomic mass is 16.6. The second kappa shape index (κ2) is 12.8. The van der Waals surface area contributed by atoms with Gasteiger partial charge in [-0.05, 0) is 67.6 Å². The van der Waals surface area contributed by atoms with Gasteiger partial charge in [0.2, 0.25) is 11.8 Å². The van der Waals surface area contributed by atoms with Crippen LogP contribution in [0.2, 0.25) is 0 Å². The van der Waals surface area contributed by atoms with Crippen LogP contribution in [0.1, 0.15) is 34.2 Å². The summed E-state index contributed by atoms with van der Waals surface area (Å²) in [6.45, 7) is 3.38. The minimum Gasteiger partial charge on any atom is -0.457 e. The number of nitro groups is 1. The third kappa shape index (κ3) is 6.69. The van der Waals surface area contributed by atoms with Crippen molar-refractivity contribution in [3.63, 3.8) is 0 Å². The molecule has 0 unspecified atom stereocenters. The van der Waals surface area contributed by atoms with E-state index < -0.39 is 10.8 Å². The molecule has 5 rings (SSSR count). The molecular weight excluding hydrogens is 558 g/mol. The van der Waals surface area contributed by atoms with E-state index >= 15 is 0 Å². The number of amides is 2. The van der Waals surface area contributed by atoms with E-state index in [-0.39, 0.29) is 22.9 Å². The van der Waals surface area contributed by atoms with Gasteiger partial charge in [0.25, 0.3) is 5.69 Å². The fourth-order valence-corrected chi connectivity index (χ4v) is 4.61. The van der Waals surface area contributed by atoms with Crippen LogP contribution in [-0.4, -0.2) is 22.5 Å². The van der Waals surface area contributed by atoms with E-state index in [1.54, 1.807) is 66.7 Å². The van der Waals surface area contributed by atoms with Crippen LogP contribution in [0, 0.1) is 17.0 Å².